The third kappa shape index (κ3) is 5.43. The predicted octanol–water partition coefficient (Wildman–Crippen LogP) is 2.83. The number of nitrogens with one attached hydrogen (secondary N) is 1. The Kier molecular flexibility index (Phi) is 6.53. The molecule has 0 spiro atoms. The topological polar surface area (TPSA) is 75.7 Å². The van der Waals surface area contributed by atoms with Gasteiger partial charge in [0.1, 0.15) is 11.6 Å². The van der Waals surface area contributed by atoms with E-state index in [0.717, 1.165) is 12.1 Å². The second-order valence-corrected chi connectivity index (χ2v) is 8.63. The Balaban J connectivity index is 1.48. The van der Waals surface area contributed by atoms with Crippen molar-refractivity contribution < 1.29 is 22.3 Å². The fourth-order valence-electron chi connectivity index (χ4n) is 2.94. The van der Waals surface area contributed by atoms with E-state index in [-0.39, 0.29) is 23.5 Å². The van der Waals surface area contributed by atoms with Crippen molar-refractivity contribution in [2.75, 3.05) is 19.7 Å². The van der Waals surface area contributed by atoms with Crippen molar-refractivity contribution in [2.45, 2.75) is 23.8 Å². The Morgan fingerprint density at radius 3 is 2.50 bits per heavy atom. The van der Waals surface area contributed by atoms with Gasteiger partial charge in [0.25, 0.3) is 5.91 Å². The van der Waals surface area contributed by atoms with Crippen molar-refractivity contribution in [3.63, 3.8) is 0 Å². The zero-order chi connectivity index (χ0) is 20.1. The first-order valence-electron chi connectivity index (χ1n) is 8.77. The van der Waals surface area contributed by atoms with Crippen molar-refractivity contribution in [3.8, 4) is 5.75 Å². The lowest BCUT2D eigenvalue weighted by atomic mass is 10.1. The molecule has 1 N–H and O–H groups in total. The number of carbonyl (C=O) groups is 1. The van der Waals surface area contributed by atoms with Gasteiger partial charge in [-0.25, -0.2) is 17.5 Å². The third-order valence-corrected chi connectivity index (χ3v) is 6.22. The van der Waals surface area contributed by atoms with Crippen molar-refractivity contribution >= 4 is 27.5 Å². The van der Waals surface area contributed by atoms with Crippen LogP contribution in [0.5, 0.6) is 5.75 Å². The van der Waals surface area contributed by atoms with E-state index in [1.165, 1.54) is 12.1 Å². The highest BCUT2D eigenvalue weighted by Gasteiger charge is 2.26. The zero-order valence-electron chi connectivity index (χ0n) is 15.0. The molecule has 0 bridgehead atoms. The van der Waals surface area contributed by atoms with Crippen molar-refractivity contribution in [2.24, 2.45) is 0 Å². The Morgan fingerprint density at radius 1 is 1.18 bits per heavy atom. The summed E-state index contributed by atoms with van der Waals surface area (Å²) in [7, 11) is -3.72. The molecule has 1 saturated heterocycles. The molecule has 28 heavy (non-hydrogen) atoms. The standard InChI is InChI=1S/C19H20ClFN2O4S/c20-14-2-1-3-17(12-14)27-13-19(24)23-10-8-16(9-11-23)22-28(25,26)18-6-4-15(21)5-7-18/h1-7,12,16,22H,8-11,13H2. The van der Waals surface area contributed by atoms with Crippen LogP contribution in [0.4, 0.5) is 4.39 Å². The first-order chi connectivity index (χ1) is 13.3. The SMILES string of the molecule is O=C(COc1cccc(Cl)c1)N1CCC(NS(=O)(=O)c2ccc(F)cc2)CC1. The summed E-state index contributed by atoms with van der Waals surface area (Å²) in [6, 6.07) is 11.2. The van der Waals surface area contributed by atoms with Crippen LogP contribution in [0, 0.1) is 5.82 Å². The summed E-state index contributed by atoms with van der Waals surface area (Å²) < 4.78 is 45.8. The first kappa shape index (κ1) is 20.6. The van der Waals surface area contributed by atoms with Gasteiger partial charge in [-0.3, -0.25) is 4.79 Å². The highest BCUT2D eigenvalue weighted by Crippen LogP contribution is 2.18. The molecule has 1 heterocycles. The Labute approximate surface area is 168 Å². The molecule has 0 aromatic heterocycles. The Morgan fingerprint density at radius 2 is 1.86 bits per heavy atom. The van der Waals surface area contributed by atoms with Gasteiger partial charge in [0, 0.05) is 24.2 Å². The minimum absolute atomic E-state index is 0.0160. The maximum absolute atomic E-state index is 13.0. The molecule has 6 nitrogen and oxygen atoms in total. The number of piperidine rings is 1. The summed E-state index contributed by atoms with van der Waals surface area (Å²) in [6.07, 6.45) is 0.979. The van der Waals surface area contributed by atoms with Gasteiger partial charge in [-0.2, -0.15) is 0 Å². The summed E-state index contributed by atoms with van der Waals surface area (Å²) >= 11 is 5.88. The number of likely N-dealkylation sites (tertiary alicyclic amines) is 1. The van der Waals surface area contributed by atoms with Gasteiger partial charge >= 0.3 is 0 Å². The largest absolute Gasteiger partial charge is 0.484 e. The summed E-state index contributed by atoms with van der Waals surface area (Å²) in [6.45, 7) is 0.745. The molecule has 0 aliphatic carbocycles. The molecule has 1 aliphatic rings. The van der Waals surface area contributed by atoms with E-state index in [1.54, 1.807) is 29.2 Å². The molecule has 1 amide bonds. The van der Waals surface area contributed by atoms with Gasteiger partial charge in [-0.1, -0.05) is 17.7 Å². The smallest absolute Gasteiger partial charge is 0.260 e. The third-order valence-electron chi connectivity index (χ3n) is 4.45. The van der Waals surface area contributed by atoms with Gasteiger partial charge in [0.05, 0.1) is 4.90 Å². The van der Waals surface area contributed by atoms with E-state index in [2.05, 4.69) is 4.72 Å². The molecule has 0 atom stereocenters. The number of ether oxygens (including phenoxy) is 1. The lowest BCUT2D eigenvalue weighted by Crippen LogP contribution is -2.47. The number of hydrogen-bond donors (Lipinski definition) is 1. The van der Waals surface area contributed by atoms with E-state index in [0.29, 0.717) is 36.7 Å². The highest BCUT2D eigenvalue weighted by atomic mass is 35.5. The van der Waals surface area contributed by atoms with Gasteiger partial charge in [-0.15, -0.1) is 0 Å². The fraction of sp³-hybridized carbons (Fsp3) is 0.316. The van der Waals surface area contributed by atoms with Crippen LogP contribution in [0.15, 0.2) is 53.4 Å². The molecule has 2 aromatic rings. The van der Waals surface area contributed by atoms with Crippen LogP contribution < -0.4 is 9.46 Å². The normalized spacial score (nSPS) is 15.4. The Hall–Kier alpha value is -2.16. The lowest BCUT2D eigenvalue weighted by molar-refractivity contribution is -0.134. The number of sulfonamides is 1. The van der Waals surface area contributed by atoms with Crippen molar-refractivity contribution in [3.05, 3.63) is 59.4 Å². The number of amides is 1. The second-order valence-electron chi connectivity index (χ2n) is 6.48. The summed E-state index contributed by atoms with van der Waals surface area (Å²) in [5.41, 5.74) is 0. The molecule has 0 unspecified atom stereocenters. The summed E-state index contributed by atoms with van der Waals surface area (Å²) in [5, 5.41) is 0.527. The zero-order valence-corrected chi connectivity index (χ0v) is 16.5. The molecule has 2 aromatic carbocycles. The maximum atomic E-state index is 13.0. The molecule has 3 rings (SSSR count). The molecule has 1 aliphatic heterocycles. The Bertz CT molecular complexity index is 929. The predicted molar refractivity (Wildman–Crippen MR) is 103 cm³/mol. The van der Waals surface area contributed by atoms with Crippen LogP contribution in [-0.2, 0) is 14.8 Å². The average Bonchev–Trinajstić information content (AvgIpc) is 2.67. The monoisotopic (exact) mass is 426 g/mol. The van der Waals surface area contributed by atoms with E-state index in [9.17, 15) is 17.6 Å². The minimum atomic E-state index is -3.72. The van der Waals surface area contributed by atoms with Crippen LogP contribution in [0.1, 0.15) is 12.8 Å². The highest BCUT2D eigenvalue weighted by molar-refractivity contribution is 7.89. The van der Waals surface area contributed by atoms with Gasteiger partial charge < -0.3 is 9.64 Å². The number of rotatable bonds is 6. The minimum Gasteiger partial charge on any atom is -0.484 e. The van der Waals surface area contributed by atoms with Crippen molar-refractivity contribution in [1.82, 2.24) is 9.62 Å². The summed E-state index contributed by atoms with van der Waals surface area (Å²) in [5.74, 6) is -0.145. The average molecular weight is 427 g/mol. The van der Waals surface area contributed by atoms with E-state index in [4.69, 9.17) is 16.3 Å². The van der Waals surface area contributed by atoms with Crippen LogP contribution in [0.25, 0.3) is 0 Å². The molecular formula is C19H20ClFN2O4S. The van der Waals surface area contributed by atoms with Crippen LogP contribution >= 0.6 is 11.6 Å². The molecule has 1 fully saturated rings. The van der Waals surface area contributed by atoms with E-state index in [1.807, 2.05) is 0 Å². The van der Waals surface area contributed by atoms with E-state index >= 15 is 0 Å². The van der Waals surface area contributed by atoms with Gasteiger partial charge in [-0.05, 0) is 55.3 Å². The van der Waals surface area contributed by atoms with Gasteiger partial charge in [0.15, 0.2) is 6.61 Å². The molecule has 0 saturated carbocycles. The lowest BCUT2D eigenvalue weighted by Gasteiger charge is -2.32. The quantitative estimate of drug-likeness (QED) is 0.770. The molecular weight excluding hydrogens is 407 g/mol. The molecule has 150 valence electrons. The van der Waals surface area contributed by atoms with Crippen LogP contribution in [0.2, 0.25) is 5.02 Å². The fourth-order valence-corrected chi connectivity index (χ4v) is 4.43. The number of halogens is 2. The second kappa shape index (κ2) is 8.89. The number of hydrogen-bond acceptors (Lipinski definition) is 4. The maximum Gasteiger partial charge on any atom is 0.260 e. The van der Waals surface area contributed by atoms with Gasteiger partial charge in [0.2, 0.25) is 10.0 Å². The summed E-state index contributed by atoms with van der Waals surface area (Å²) in [4.78, 5) is 14.0. The molecule has 9 heteroatoms. The number of carbonyl (C=O) groups excluding carboxylic acids is 1. The van der Waals surface area contributed by atoms with Crippen LogP contribution in [-0.4, -0.2) is 45.0 Å². The first-order valence-corrected chi connectivity index (χ1v) is 10.6. The van der Waals surface area contributed by atoms with Crippen molar-refractivity contribution in [1.29, 1.82) is 0 Å². The molecule has 0 radical (unpaired) electrons. The number of nitrogens with zero attached hydrogens (tertiary/aromatic N) is 1. The van der Waals surface area contributed by atoms with E-state index < -0.39 is 15.8 Å². The van der Waals surface area contributed by atoms with Crippen LogP contribution in [0.3, 0.4) is 0 Å². The number of benzene rings is 2.